The minimum Gasteiger partial charge on any atom is -0.467 e. The van der Waals surface area contributed by atoms with Crippen molar-refractivity contribution in [2.45, 2.75) is 25.1 Å². The van der Waals surface area contributed by atoms with Crippen LogP contribution in [-0.4, -0.2) is 17.1 Å². The van der Waals surface area contributed by atoms with Crippen molar-refractivity contribution in [2.24, 2.45) is 0 Å². The van der Waals surface area contributed by atoms with Crippen molar-refractivity contribution in [1.29, 1.82) is 5.26 Å². The molecule has 2 heterocycles. The summed E-state index contributed by atoms with van der Waals surface area (Å²) in [6.45, 7) is 2.16. The lowest BCUT2D eigenvalue weighted by Crippen LogP contribution is -2.32. The Morgan fingerprint density at radius 2 is 1.91 bits per heavy atom. The third kappa shape index (κ3) is 5.21. The van der Waals surface area contributed by atoms with E-state index >= 15 is 0 Å². The highest BCUT2D eigenvalue weighted by molar-refractivity contribution is 9.10. The van der Waals surface area contributed by atoms with Crippen LogP contribution >= 0.6 is 27.7 Å². The fraction of sp³-hybridized carbons (Fsp3) is 0.160. The van der Waals surface area contributed by atoms with Crippen LogP contribution < -0.4 is 10.2 Å². The van der Waals surface area contributed by atoms with Gasteiger partial charge in [0.15, 0.2) is 0 Å². The molecule has 1 aliphatic heterocycles. The highest BCUT2D eigenvalue weighted by Crippen LogP contribution is 2.42. The Kier molecular flexibility index (Phi) is 7.02. The number of rotatable bonds is 6. The van der Waals surface area contributed by atoms with E-state index in [-0.39, 0.29) is 18.0 Å². The molecule has 1 fully saturated rings. The molecule has 1 N–H and O–H groups in total. The molecule has 1 saturated heterocycles. The first-order valence-electron chi connectivity index (χ1n) is 10.2. The van der Waals surface area contributed by atoms with Gasteiger partial charge in [0.1, 0.15) is 22.4 Å². The average molecular weight is 522 g/mol. The second kappa shape index (κ2) is 10.1. The van der Waals surface area contributed by atoms with E-state index in [1.165, 1.54) is 22.9 Å². The lowest BCUT2D eigenvalue weighted by Gasteiger charge is -2.18. The molecule has 0 saturated carbocycles. The zero-order valence-electron chi connectivity index (χ0n) is 17.7. The van der Waals surface area contributed by atoms with E-state index in [1.807, 2.05) is 49.4 Å². The summed E-state index contributed by atoms with van der Waals surface area (Å²) in [5.74, 6) is -0.144. The molecule has 0 unspecified atom stereocenters. The molecule has 1 atom stereocenters. The molecule has 33 heavy (non-hydrogen) atoms. The second-order valence-corrected chi connectivity index (χ2v) is 9.61. The number of carbonyl (C=O) groups excluding carboxylic acids is 2. The number of aryl methyl sites for hydroxylation is 1. The van der Waals surface area contributed by atoms with E-state index < -0.39 is 11.2 Å². The number of amides is 2. The number of thioether (sulfide) groups is 1. The highest BCUT2D eigenvalue weighted by atomic mass is 79.9. The number of hydrogen-bond donors (Lipinski definition) is 1. The van der Waals surface area contributed by atoms with Crippen LogP contribution in [0.3, 0.4) is 0 Å². The van der Waals surface area contributed by atoms with Gasteiger partial charge in [-0.05, 0) is 55.3 Å². The van der Waals surface area contributed by atoms with Crippen molar-refractivity contribution in [2.75, 3.05) is 4.90 Å². The molecular weight excluding hydrogens is 502 g/mol. The Hall–Kier alpha value is -3.28. The molecule has 166 valence electrons. The van der Waals surface area contributed by atoms with E-state index in [2.05, 4.69) is 21.2 Å². The normalized spacial score (nSPS) is 17.1. The summed E-state index contributed by atoms with van der Waals surface area (Å²) in [6, 6.07) is 20.7. The number of nitriles is 1. The lowest BCUT2D eigenvalue weighted by molar-refractivity contribution is -0.117. The maximum Gasteiger partial charge on any atom is 0.265 e. The van der Waals surface area contributed by atoms with E-state index in [4.69, 9.17) is 4.42 Å². The Bertz CT molecular complexity index is 1230. The molecule has 0 spiro atoms. The van der Waals surface area contributed by atoms with Crippen LogP contribution in [0.5, 0.6) is 0 Å². The molecule has 0 radical (unpaired) electrons. The molecule has 0 aliphatic carbocycles. The number of hydrogen-bond acceptors (Lipinski definition) is 5. The number of anilines is 1. The third-order valence-electron chi connectivity index (χ3n) is 5.14. The van der Waals surface area contributed by atoms with Crippen LogP contribution in [0.15, 0.2) is 86.4 Å². The van der Waals surface area contributed by atoms with Gasteiger partial charge in [0.25, 0.3) is 5.91 Å². The topological polar surface area (TPSA) is 86.3 Å². The number of nitrogens with zero attached hydrogens (tertiary/aromatic N) is 2. The van der Waals surface area contributed by atoms with Crippen LogP contribution in [-0.2, 0) is 22.6 Å². The molecule has 6 nitrogen and oxygen atoms in total. The maximum atomic E-state index is 13.5. The fourth-order valence-corrected chi connectivity index (χ4v) is 4.99. The second-order valence-electron chi connectivity index (χ2n) is 7.50. The quantitative estimate of drug-likeness (QED) is 0.360. The summed E-state index contributed by atoms with van der Waals surface area (Å²) in [4.78, 5) is 27.8. The summed E-state index contributed by atoms with van der Waals surface area (Å²) < 4.78 is 6.11. The van der Waals surface area contributed by atoms with Crippen molar-refractivity contribution in [3.05, 3.63) is 98.9 Å². The standard InChI is InChI=1S/C25H20BrN3O3S/c1-16-4-6-17(7-5-16)13-22-24(31)29(19-10-8-18(26)9-11-19)25(33-22)21(14-27)23(30)28-15-20-3-2-12-32-20/h2-12,22H,13,15H2,1H3,(H,28,30)/b25-21-/t22-/m0/s1. The first kappa shape index (κ1) is 22.9. The molecule has 1 aliphatic rings. The highest BCUT2D eigenvalue weighted by Gasteiger charge is 2.40. The largest absolute Gasteiger partial charge is 0.467 e. The molecule has 2 aromatic carbocycles. The number of halogens is 1. The third-order valence-corrected chi connectivity index (χ3v) is 6.93. The molecule has 2 amide bonds. The maximum absolute atomic E-state index is 13.5. The van der Waals surface area contributed by atoms with Gasteiger partial charge in [0, 0.05) is 10.2 Å². The predicted octanol–water partition coefficient (Wildman–Crippen LogP) is 5.09. The van der Waals surface area contributed by atoms with Crippen molar-refractivity contribution < 1.29 is 14.0 Å². The summed E-state index contributed by atoms with van der Waals surface area (Å²) in [5, 5.41) is 12.5. The van der Waals surface area contributed by atoms with Gasteiger partial charge in [0.2, 0.25) is 5.91 Å². The van der Waals surface area contributed by atoms with Crippen LogP contribution in [0.25, 0.3) is 0 Å². The SMILES string of the molecule is Cc1ccc(C[C@@H]2S/C(=C(/C#N)C(=O)NCc3ccco3)N(c3ccc(Br)cc3)C2=O)cc1. The van der Waals surface area contributed by atoms with Crippen molar-refractivity contribution in [3.63, 3.8) is 0 Å². The van der Waals surface area contributed by atoms with Gasteiger partial charge in [-0.25, -0.2) is 0 Å². The molecular formula is C25H20BrN3O3S. The molecule has 3 aromatic rings. The lowest BCUT2D eigenvalue weighted by atomic mass is 10.1. The Labute approximate surface area is 204 Å². The number of nitrogens with one attached hydrogen (secondary N) is 1. The summed E-state index contributed by atoms with van der Waals surface area (Å²) in [6.07, 6.45) is 2.01. The Morgan fingerprint density at radius 1 is 1.18 bits per heavy atom. The van der Waals surface area contributed by atoms with Crippen molar-refractivity contribution >= 4 is 45.2 Å². The van der Waals surface area contributed by atoms with Gasteiger partial charge in [-0.2, -0.15) is 5.26 Å². The zero-order valence-corrected chi connectivity index (χ0v) is 20.2. The predicted molar refractivity (Wildman–Crippen MR) is 131 cm³/mol. The van der Waals surface area contributed by atoms with Crippen LogP contribution in [0.4, 0.5) is 5.69 Å². The summed E-state index contributed by atoms with van der Waals surface area (Å²) >= 11 is 4.65. The van der Waals surface area contributed by atoms with Gasteiger partial charge < -0.3 is 9.73 Å². The van der Waals surface area contributed by atoms with Gasteiger partial charge in [-0.3, -0.25) is 14.5 Å². The molecule has 4 rings (SSSR count). The number of furan rings is 1. The number of benzene rings is 2. The van der Waals surface area contributed by atoms with Gasteiger partial charge >= 0.3 is 0 Å². The van der Waals surface area contributed by atoms with E-state index in [0.29, 0.717) is 22.9 Å². The minimum atomic E-state index is -0.553. The van der Waals surface area contributed by atoms with Crippen LogP contribution in [0.2, 0.25) is 0 Å². The minimum absolute atomic E-state index is 0.103. The monoisotopic (exact) mass is 521 g/mol. The molecule has 0 bridgehead atoms. The van der Waals surface area contributed by atoms with Crippen LogP contribution in [0, 0.1) is 18.3 Å². The fourth-order valence-electron chi connectivity index (χ4n) is 3.42. The number of carbonyl (C=O) groups is 2. The van der Waals surface area contributed by atoms with Gasteiger partial charge in [-0.15, -0.1) is 0 Å². The van der Waals surface area contributed by atoms with E-state index in [9.17, 15) is 14.9 Å². The zero-order chi connectivity index (χ0) is 23.4. The summed E-state index contributed by atoms with van der Waals surface area (Å²) in [7, 11) is 0. The van der Waals surface area contributed by atoms with Crippen molar-refractivity contribution in [3.8, 4) is 6.07 Å². The first-order chi connectivity index (χ1) is 16.0. The molecule has 1 aromatic heterocycles. The average Bonchev–Trinajstić information content (AvgIpc) is 3.44. The summed E-state index contributed by atoms with van der Waals surface area (Å²) in [5.41, 5.74) is 2.66. The van der Waals surface area contributed by atoms with Crippen molar-refractivity contribution in [1.82, 2.24) is 5.32 Å². The van der Waals surface area contributed by atoms with Gasteiger partial charge in [0.05, 0.1) is 18.1 Å². The Morgan fingerprint density at radius 3 is 2.55 bits per heavy atom. The Balaban J connectivity index is 1.67. The van der Waals surface area contributed by atoms with E-state index in [0.717, 1.165) is 15.6 Å². The first-order valence-corrected chi connectivity index (χ1v) is 11.9. The van der Waals surface area contributed by atoms with E-state index in [1.54, 1.807) is 24.3 Å². The van der Waals surface area contributed by atoms with Crippen LogP contribution in [0.1, 0.15) is 16.9 Å². The van der Waals surface area contributed by atoms with Gasteiger partial charge in [-0.1, -0.05) is 57.5 Å². The smallest absolute Gasteiger partial charge is 0.265 e. The molecule has 8 heteroatoms.